The smallest absolute Gasteiger partial charge is 0.215 e. The highest BCUT2D eigenvalue weighted by molar-refractivity contribution is 5.81. The van der Waals surface area contributed by atoms with E-state index in [0.29, 0.717) is 29.7 Å². The van der Waals surface area contributed by atoms with Gasteiger partial charge in [0.15, 0.2) is 0 Å². The fourth-order valence-corrected chi connectivity index (χ4v) is 3.00. The van der Waals surface area contributed by atoms with Crippen molar-refractivity contribution in [1.82, 2.24) is 14.5 Å². The number of amides is 1. The molecule has 1 amide bonds. The summed E-state index contributed by atoms with van der Waals surface area (Å²) in [5.41, 5.74) is 2.68. The molecule has 8 nitrogen and oxygen atoms in total. The number of hydrogen-bond acceptors (Lipinski definition) is 6. The number of benzene rings is 2. The van der Waals surface area contributed by atoms with E-state index in [1.54, 1.807) is 32.5 Å². The number of nitrogens with one attached hydrogen (secondary N) is 1. The first-order valence-corrected chi connectivity index (χ1v) is 9.27. The Kier molecular flexibility index (Phi) is 5.21. The molecule has 0 aliphatic heterocycles. The first kappa shape index (κ1) is 19.3. The van der Waals surface area contributed by atoms with Crippen LogP contribution in [-0.4, -0.2) is 35.1 Å². The number of aromatic nitrogens is 3. The van der Waals surface area contributed by atoms with E-state index in [2.05, 4.69) is 15.3 Å². The lowest BCUT2D eigenvalue weighted by molar-refractivity contribution is -0.107. The van der Waals surface area contributed by atoms with E-state index in [9.17, 15) is 4.79 Å². The van der Waals surface area contributed by atoms with Crippen LogP contribution < -0.4 is 19.7 Å². The summed E-state index contributed by atoms with van der Waals surface area (Å²) in [5, 5.41) is 3.32. The Hall–Kier alpha value is -4.07. The van der Waals surface area contributed by atoms with Crippen molar-refractivity contribution in [2.45, 2.75) is 0 Å². The molecule has 0 unspecified atom stereocenters. The number of methoxy groups -OCH3 is 1. The number of carbonyl (C=O) groups is 1. The summed E-state index contributed by atoms with van der Waals surface area (Å²) in [6.07, 6.45) is 2.30. The average Bonchev–Trinajstić information content (AvgIpc) is 3.08. The van der Waals surface area contributed by atoms with Crippen molar-refractivity contribution < 1.29 is 14.3 Å². The van der Waals surface area contributed by atoms with Crippen LogP contribution in [0.3, 0.4) is 0 Å². The maximum absolute atomic E-state index is 10.9. The quantitative estimate of drug-likeness (QED) is 0.468. The van der Waals surface area contributed by atoms with Gasteiger partial charge in [0.2, 0.25) is 12.4 Å². The molecule has 0 fully saturated rings. The highest BCUT2D eigenvalue weighted by atomic mass is 16.5. The molecule has 4 rings (SSSR count). The van der Waals surface area contributed by atoms with Gasteiger partial charge in [0.05, 0.1) is 18.1 Å². The third-order valence-electron chi connectivity index (χ3n) is 4.67. The third kappa shape index (κ3) is 3.88. The molecule has 0 saturated heterocycles. The zero-order valence-corrected chi connectivity index (χ0v) is 16.9. The van der Waals surface area contributed by atoms with E-state index in [-0.39, 0.29) is 0 Å². The molecule has 2 aromatic carbocycles. The summed E-state index contributed by atoms with van der Waals surface area (Å²) in [5.74, 6) is 3.24. The number of ether oxygens (including phenoxy) is 2. The number of nitrogens with zero attached hydrogens (tertiary/aromatic N) is 4. The monoisotopic (exact) mass is 403 g/mol. The summed E-state index contributed by atoms with van der Waals surface area (Å²) in [6, 6.07) is 16.8. The highest BCUT2D eigenvalue weighted by Gasteiger charge is 2.10. The molecule has 1 N–H and O–H groups in total. The molecular formula is C22H21N5O3. The topological polar surface area (TPSA) is 81.5 Å². The van der Waals surface area contributed by atoms with Crippen LogP contribution in [0.4, 0.5) is 17.5 Å². The summed E-state index contributed by atoms with van der Waals surface area (Å²) in [4.78, 5) is 21.2. The molecule has 152 valence electrons. The first-order chi connectivity index (χ1) is 14.6. The Morgan fingerprint density at radius 1 is 1.03 bits per heavy atom. The minimum atomic E-state index is 0.507. The second-order valence-corrected chi connectivity index (χ2v) is 6.67. The predicted octanol–water partition coefficient (Wildman–Crippen LogP) is 4.11. The van der Waals surface area contributed by atoms with E-state index in [1.165, 1.54) is 4.90 Å². The highest BCUT2D eigenvalue weighted by Crippen LogP contribution is 2.29. The number of carbonyl (C=O) groups excluding carboxylic acids is 1. The van der Waals surface area contributed by atoms with E-state index < -0.39 is 0 Å². The number of rotatable bonds is 7. The van der Waals surface area contributed by atoms with Crippen LogP contribution in [0, 0.1) is 0 Å². The molecule has 0 atom stereocenters. The van der Waals surface area contributed by atoms with Crippen LogP contribution in [0.5, 0.6) is 17.2 Å². The molecule has 0 aliphatic carbocycles. The van der Waals surface area contributed by atoms with Gasteiger partial charge in [0.1, 0.15) is 23.1 Å². The fraction of sp³-hybridized carbons (Fsp3) is 0.136. The van der Waals surface area contributed by atoms with Gasteiger partial charge in [-0.1, -0.05) is 0 Å². The second kappa shape index (κ2) is 8.12. The molecule has 0 aliphatic rings. The van der Waals surface area contributed by atoms with Gasteiger partial charge in [-0.3, -0.25) is 4.79 Å². The van der Waals surface area contributed by atoms with Gasteiger partial charge in [-0.15, -0.1) is 0 Å². The fourth-order valence-electron chi connectivity index (χ4n) is 3.00. The van der Waals surface area contributed by atoms with E-state index in [1.807, 2.05) is 54.1 Å². The van der Waals surface area contributed by atoms with E-state index in [0.717, 1.165) is 22.5 Å². The molecular weight excluding hydrogens is 382 g/mol. The lowest BCUT2D eigenvalue weighted by Crippen LogP contribution is -2.14. The van der Waals surface area contributed by atoms with Crippen molar-refractivity contribution in [2.24, 2.45) is 7.05 Å². The van der Waals surface area contributed by atoms with Crippen molar-refractivity contribution >= 4 is 34.9 Å². The minimum absolute atomic E-state index is 0.507. The molecule has 30 heavy (non-hydrogen) atoms. The zero-order valence-electron chi connectivity index (χ0n) is 16.9. The van der Waals surface area contributed by atoms with Crippen LogP contribution in [0.15, 0.2) is 60.8 Å². The van der Waals surface area contributed by atoms with Crippen LogP contribution in [-0.2, 0) is 11.8 Å². The summed E-state index contributed by atoms with van der Waals surface area (Å²) < 4.78 is 13.1. The number of aryl methyl sites for hydroxylation is 1. The third-order valence-corrected chi connectivity index (χ3v) is 4.67. The Bertz CT molecular complexity index is 1190. The number of pyridine rings is 1. The first-order valence-electron chi connectivity index (χ1n) is 9.27. The van der Waals surface area contributed by atoms with Crippen molar-refractivity contribution in [3.05, 3.63) is 60.8 Å². The van der Waals surface area contributed by atoms with Crippen molar-refractivity contribution in [3.8, 4) is 17.2 Å². The molecule has 2 aromatic heterocycles. The van der Waals surface area contributed by atoms with Gasteiger partial charge in [0.25, 0.3) is 0 Å². The molecule has 0 bridgehead atoms. The SMILES string of the molecule is COc1ccc(Nc2nc3cc(Oc4ccnc(N(C)C=O)c4)ccc3n2C)cc1. The number of hydrogen-bond donors (Lipinski definition) is 1. The lowest BCUT2D eigenvalue weighted by atomic mass is 10.3. The Morgan fingerprint density at radius 3 is 2.50 bits per heavy atom. The van der Waals surface area contributed by atoms with Gasteiger partial charge in [-0.2, -0.15) is 0 Å². The van der Waals surface area contributed by atoms with Gasteiger partial charge < -0.3 is 24.3 Å². The Morgan fingerprint density at radius 2 is 1.77 bits per heavy atom. The molecule has 8 heteroatoms. The lowest BCUT2D eigenvalue weighted by Gasteiger charge is -2.11. The number of imidazole rings is 1. The molecule has 4 aromatic rings. The van der Waals surface area contributed by atoms with Crippen LogP contribution in [0.1, 0.15) is 0 Å². The average molecular weight is 403 g/mol. The van der Waals surface area contributed by atoms with Crippen LogP contribution in [0.2, 0.25) is 0 Å². The van der Waals surface area contributed by atoms with Gasteiger partial charge in [-0.05, 0) is 42.5 Å². The van der Waals surface area contributed by atoms with E-state index >= 15 is 0 Å². The second-order valence-electron chi connectivity index (χ2n) is 6.67. The minimum Gasteiger partial charge on any atom is -0.497 e. The van der Waals surface area contributed by atoms with Gasteiger partial charge in [-0.25, -0.2) is 9.97 Å². The standard InChI is InChI=1S/C22H21N5O3/c1-26(14-28)21-13-18(10-11-23-21)30-17-8-9-20-19(12-17)25-22(27(20)2)24-15-4-6-16(29-3)7-5-15/h4-14H,1-3H3,(H,24,25). The maximum atomic E-state index is 10.9. The van der Waals surface area contributed by atoms with Crippen molar-refractivity contribution in [3.63, 3.8) is 0 Å². The maximum Gasteiger partial charge on any atom is 0.215 e. The number of fused-ring (bicyclic) bond motifs is 1. The van der Waals surface area contributed by atoms with Gasteiger partial charge >= 0.3 is 0 Å². The molecule has 0 spiro atoms. The van der Waals surface area contributed by atoms with Crippen LogP contribution in [0.25, 0.3) is 11.0 Å². The molecule has 0 saturated carbocycles. The molecule has 0 radical (unpaired) electrons. The summed E-state index contributed by atoms with van der Waals surface area (Å²) >= 11 is 0. The largest absolute Gasteiger partial charge is 0.497 e. The predicted molar refractivity (Wildman–Crippen MR) is 116 cm³/mol. The van der Waals surface area contributed by atoms with Gasteiger partial charge in [0, 0.05) is 38.1 Å². The van der Waals surface area contributed by atoms with Crippen LogP contribution >= 0.6 is 0 Å². The number of anilines is 3. The molecule has 2 heterocycles. The van der Waals surface area contributed by atoms with E-state index in [4.69, 9.17) is 9.47 Å². The summed E-state index contributed by atoms with van der Waals surface area (Å²) in [7, 11) is 5.23. The Balaban J connectivity index is 1.58. The Labute approximate surface area is 173 Å². The van der Waals surface area contributed by atoms with Crippen molar-refractivity contribution in [2.75, 3.05) is 24.4 Å². The normalized spacial score (nSPS) is 10.6. The van der Waals surface area contributed by atoms with Crippen molar-refractivity contribution in [1.29, 1.82) is 0 Å². The summed E-state index contributed by atoms with van der Waals surface area (Å²) in [6.45, 7) is 0. The zero-order chi connectivity index (χ0) is 21.1.